The van der Waals surface area contributed by atoms with Gasteiger partial charge in [0, 0.05) is 24.8 Å². The summed E-state index contributed by atoms with van der Waals surface area (Å²) in [6, 6.07) is 9.81. The Balaban J connectivity index is 1.65. The molecule has 0 spiro atoms. The van der Waals surface area contributed by atoms with E-state index in [0.29, 0.717) is 5.69 Å². The average Bonchev–Trinajstić information content (AvgIpc) is 3.16. The van der Waals surface area contributed by atoms with Gasteiger partial charge in [0.1, 0.15) is 17.8 Å². The lowest BCUT2D eigenvalue weighted by Gasteiger charge is -2.16. The van der Waals surface area contributed by atoms with Crippen LogP contribution in [0.3, 0.4) is 0 Å². The highest BCUT2D eigenvalue weighted by Crippen LogP contribution is 2.18. The second-order valence-electron chi connectivity index (χ2n) is 6.21. The average molecular weight is 324 g/mol. The Bertz CT molecular complexity index is 678. The molecule has 0 bridgehead atoms. The number of benzene rings is 1. The molecule has 1 aromatic carbocycles. The summed E-state index contributed by atoms with van der Waals surface area (Å²) in [6.07, 6.45) is 7.27. The molecule has 1 saturated heterocycles. The molecule has 0 radical (unpaired) electrons. The van der Waals surface area contributed by atoms with Gasteiger partial charge in [0.15, 0.2) is 0 Å². The molecule has 3 rings (SSSR count). The van der Waals surface area contributed by atoms with Crippen LogP contribution in [0, 0.1) is 0 Å². The van der Waals surface area contributed by atoms with E-state index >= 15 is 0 Å². The lowest BCUT2D eigenvalue weighted by molar-refractivity contribution is 0.102. The number of anilines is 2. The predicted molar refractivity (Wildman–Crippen MR) is 96.5 cm³/mol. The zero-order chi connectivity index (χ0) is 16.8. The van der Waals surface area contributed by atoms with Gasteiger partial charge in [-0.3, -0.25) is 4.79 Å². The van der Waals surface area contributed by atoms with Crippen LogP contribution in [0.5, 0.6) is 0 Å². The van der Waals surface area contributed by atoms with Crippen molar-refractivity contribution in [2.75, 3.05) is 23.3 Å². The smallest absolute Gasteiger partial charge is 0.274 e. The minimum Gasteiger partial charge on any atom is -0.357 e. The number of rotatable bonds is 6. The number of amides is 1. The first-order valence-electron chi connectivity index (χ1n) is 8.73. The van der Waals surface area contributed by atoms with Crippen molar-refractivity contribution in [3.63, 3.8) is 0 Å². The Morgan fingerprint density at radius 3 is 2.62 bits per heavy atom. The maximum Gasteiger partial charge on any atom is 0.274 e. The summed E-state index contributed by atoms with van der Waals surface area (Å²) in [6.45, 7) is 4.18. The Labute approximate surface area is 143 Å². The number of carbonyl (C=O) groups is 1. The normalized spacial score (nSPS) is 14.0. The summed E-state index contributed by atoms with van der Waals surface area (Å²) in [7, 11) is 0. The molecule has 1 aliphatic rings. The fourth-order valence-electron chi connectivity index (χ4n) is 2.92. The fourth-order valence-corrected chi connectivity index (χ4v) is 2.92. The number of hydrogen-bond acceptors (Lipinski definition) is 4. The van der Waals surface area contributed by atoms with Crippen molar-refractivity contribution in [1.82, 2.24) is 9.97 Å². The molecule has 0 aliphatic carbocycles. The van der Waals surface area contributed by atoms with Crippen molar-refractivity contribution < 1.29 is 4.79 Å². The van der Waals surface area contributed by atoms with E-state index in [1.54, 1.807) is 6.07 Å². The highest BCUT2D eigenvalue weighted by atomic mass is 16.1. The van der Waals surface area contributed by atoms with Gasteiger partial charge in [-0.2, -0.15) is 0 Å². The van der Waals surface area contributed by atoms with Gasteiger partial charge in [-0.05, 0) is 43.4 Å². The number of hydrogen-bond donors (Lipinski definition) is 1. The molecule has 5 heteroatoms. The molecule has 2 heterocycles. The van der Waals surface area contributed by atoms with Gasteiger partial charge in [0.2, 0.25) is 0 Å². The number of nitrogens with one attached hydrogen (secondary N) is 1. The molecule has 1 amide bonds. The molecule has 5 nitrogen and oxygen atoms in total. The monoisotopic (exact) mass is 324 g/mol. The summed E-state index contributed by atoms with van der Waals surface area (Å²) in [4.78, 5) is 23.0. The highest BCUT2D eigenvalue weighted by molar-refractivity contribution is 6.03. The second-order valence-corrected chi connectivity index (χ2v) is 6.21. The minimum atomic E-state index is -0.195. The van der Waals surface area contributed by atoms with Crippen LogP contribution >= 0.6 is 0 Å². The maximum absolute atomic E-state index is 12.4. The van der Waals surface area contributed by atoms with Crippen LogP contribution in [0.4, 0.5) is 11.5 Å². The van der Waals surface area contributed by atoms with Crippen molar-refractivity contribution in [3.05, 3.63) is 47.9 Å². The minimum absolute atomic E-state index is 0.195. The number of aryl methyl sites for hydroxylation is 1. The van der Waals surface area contributed by atoms with E-state index in [-0.39, 0.29) is 5.91 Å². The molecular weight excluding hydrogens is 300 g/mol. The third-order valence-corrected chi connectivity index (χ3v) is 4.35. The third kappa shape index (κ3) is 4.10. The fraction of sp³-hybridized carbons (Fsp3) is 0.421. The van der Waals surface area contributed by atoms with E-state index in [9.17, 15) is 4.79 Å². The summed E-state index contributed by atoms with van der Waals surface area (Å²) in [5.74, 6) is 0.640. The first-order chi connectivity index (χ1) is 11.8. The van der Waals surface area contributed by atoms with Gasteiger partial charge in [-0.25, -0.2) is 9.97 Å². The predicted octanol–water partition coefficient (Wildman–Crippen LogP) is 3.67. The molecule has 126 valence electrons. The Hall–Kier alpha value is -2.43. The molecule has 1 fully saturated rings. The zero-order valence-electron chi connectivity index (χ0n) is 14.2. The van der Waals surface area contributed by atoms with Crippen molar-refractivity contribution in [1.29, 1.82) is 0 Å². The van der Waals surface area contributed by atoms with Crippen LogP contribution in [0.25, 0.3) is 0 Å². The quantitative estimate of drug-likeness (QED) is 0.881. The van der Waals surface area contributed by atoms with E-state index < -0.39 is 0 Å². The molecule has 2 aromatic rings. The molecule has 1 aromatic heterocycles. The molecule has 0 saturated carbocycles. The van der Waals surface area contributed by atoms with Gasteiger partial charge in [0.25, 0.3) is 5.91 Å². The van der Waals surface area contributed by atoms with Gasteiger partial charge in [0.05, 0.1) is 0 Å². The second kappa shape index (κ2) is 7.90. The van der Waals surface area contributed by atoms with Crippen LogP contribution in [-0.2, 0) is 6.42 Å². The lowest BCUT2D eigenvalue weighted by Crippen LogP contribution is -2.21. The highest BCUT2D eigenvalue weighted by Gasteiger charge is 2.16. The molecule has 24 heavy (non-hydrogen) atoms. The topological polar surface area (TPSA) is 58.1 Å². The van der Waals surface area contributed by atoms with E-state index in [1.807, 2.05) is 12.1 Å². The number of aromatic nitrogens is 2. The Kier molecular flexibility index (Phi) is 5.41. The molecule has 0 atom stereocenters. The third-order valence-electron chi connectivity index (χ3n) is 4.35. The van der Waals surface area contributed by atoms with Gasteiger partial charge < -0.3 is 10.2 Å². The van der Waals surface area contributed by atoms with Gasteiger partial charge in [-0.15, -0.1) is 0 Å². The zero-order valence-corrected chi connectivity index (χ0v) is 14.2. The first-order valence-corrected chi connectivity index (χ1v) is 8.73. The van der Waals surface area contributed by atoms with Crippen molar-refractivity contribution >= 4 is 17.4 Å². The van der Waals surface area contributed by atoms with Crippen LogP contribution in [-0.4, -0.2) is 29.0 Å². The van der Waals surface area contributed by atoms with Gasteiger partial charge >= 0.3 is 0 Å². The summed E-state index contributed by atoms with van der Waals surface area (Å²) < 4.78 is 0. The molecule has 1 aliphatic heterocycles. The largest absolute Gasteiger partial charge is 0.357 e. The van der Waals surface area contributed by atoms with Crippen LogP contribution < -0.4 is 10.2 Å². The number of carbonyl (C=O) groups excluding carboxylic acids is 1. The maximum atomic E-state index is 12.4. The summed E-state index contributed by atoms with van der Waals surface area (Å²) in [5.41, 5.74) is 2.50. The van der Waals surface area contributed by atoms with Crippen molar-refractivity contribution in [3.8, 4) is 0 Å². The van der Waals surface area contributed by atoms with E-state index in [1.165, 1.54) is 37.6 Å². The van der Waals surface area contributed by atoms with Crippen LogP contribution in [0.2, 0.25) is 0 Å². The lowest BCUT2D eigenvalue weighted by atomic mass is 10.1. The van der Waals surface area contributed by atoms with Crippen molar-refractivity contribution in [2.24, 2.45) is 0 Å². The molecule has 0 unspecified atom stereocenters. The van der Waals surface area contributed by atoms with E-state index in [0.717, 1.165) is 31.0 Å². The summed E-state index contributed by atoms with van der Waals surface area (Å²) in [5, 5.41) is 2.91. The number of nitrogens with zero attached hydrogens (tertiary/aromatic N) is 3. The van der Waals surface area contributed by atoms with Crippen LogP contribution in [0.1, 0.15) is 48.7 Å². The molecule has 1 N–H and O–H groups in total. The molecular formula is C19H24N4O. The van der Waals surface area contributed by atoms with Crippen LogP contribution in [0.15, 0.2) is 36.7 Å². The van der Waals surface area contributed by atoms with Gasteiger partial charge in [-0.1, -0.05) is 25.5 Å². The summed E-state index contributed by atoms with van der Waals surface area (Å²) >= 11 is 0. The number of unbranched alkanes of at least 4 members (excludes halogenated alkanes) is 1. The standard InChI is InChI=1S/C19H24N4O/c1-2-3-6-15-7-9-16(10-8-15)22-19(24)17-13-18(21-14-20-17)23-11-4-5-12-23/h7-10,13-14H,2-6,11-12H2,1H3,(H,22,24). The SMILES string of the molecule is CCCCc1ccc(NC(=O)c2cc(N3CCCC3)ncn2)cc1. The van der Waals surface area contributed by atoms with E-state index in [4.69, 9.17) is 0 Å². The first kappa shape index (κ1) is 16.4. The van der Waals surface area contributed by atoms with E-state index in [2.05, 4.69) is 39.2 Å². The Morgan fingerprint density at radius 1 is 1.17 bits per heavy atom. The Morgan fingerprint density at radius 2 is 1.92 bits per heavy atom. The van der Waals surface area contributed by atoms with Crippen molar-refractivity contribution in [2.45, 2.75) is 39.0 Å².